The molecule has 1 N–H and O–H groups in total. The molecule has 1 aliphatic rings. The third-order valence-electron chi connectivity index (χ3n) is 4.90. The van der Waals surface area contributed by atoms with E-state index in [1.807, 2.05) is 0 Å². The molecular weight excluding hydrogens is 415 g/mol. The van der Waals surface area contributed by atoms with Crippen LogP contribution in [0.25, 0.3) is 11.0 Å². The zero-order valence-corrected chi connectivity index (χ0v) is 16.5. The lowest BCUT2D eigenvalue weighted by atomic mass is 10.1. The van der Waals surface area contributed by atoms with Crippen LogP contribution in [0.2, 0.25) is 0 Å². The Balaban J connectivity index is 1.49. The number of nitrogens with one attached hydrogen (secondary N) is 1. The van der Waals surface area contributed by atoms with Crippen LogP contribution in [0.3, 0.4) is 0 Å². The third kappa shape index (κ3) is 4.52. The van der Waals surface area contributed by atoms with Gasteiger partial charge < -0.3 is 14.5 Å². The number of fused-ring (bicyclic) bond motifs is 1. The van der Waals surface area contributed by atoms with Crippen LogP contribution in [0.15, 0.2) is 39.5 Å². The van der Waals surface area contributed by atoms with Gasteiger partial charge in [-0.15, -0.1) is 0 Å². The Kier molecular flexibility index (Phi) is 5.38. The second-order valence-electron chi connectivity index (χ2n) is 7.20. The van der Waals surface area contributed by atoms with Crippen LogP contribution >= 0.6 is 0 Å². The molecule has 0 saturated heterocycles. The van der Waals surface area contributed by atoms with Crippen LogP contribution in [0.4, 0.5) is 13.2 Å². The summed E-state index contributed by atoms with van der Waals surface area (Å²) in [6, 6.07) is 7.33. The van der Waals surface area contributed by atoms with Gasteiger partial charge in [-0.1, -0.05) is 12.1 Å². The molecule has 2 aromatic heterocycles. The second kappa shape index (κ2) is 8.01. The number of alkyl halides is 3. The van der Waals surface area contributed by atoms with Gasteiger partial charge in [0.2, 0.25) is 0 Å². The molecule has 0 spiro atoms. The number of carbonyl (C=O) groups is 1. The third-order valence-corrected chi connectivity index (χ3v) is 4.90. The minimum Gasteiger partial charge on any atom is -0.493 e. The Morgan fingerprint density at radius 1 is 1.26 bits per heavy atom. The summed E-state index contributed by atoms with van der Waals surface area (Å²) in [7, 11) is 1.43. The van der Waals surface area contributed by atoms with Gasteiger partial charge in [0.25, 0.3) is 5.91 Å². The molecule has 0 unspecified atom stereocenters. The van der Waals surface area contributed by atoms with E-state index in [4.69, 9.17) is 9.15 Å². The highest BCUT2D eigenvalue weighted by molar-refractivity contribution is 5.97. The van der Waals surface area contributed by atoms with Crippen LogP contribution in [0.1, 0.15) is 46.3 Å². The van der Waals surface area contributed by atoms with Gasteiger partial charge in [-0.2, -0.15) is 13.2 Å². The molecule has 162 valence electrons. The van der Waals surface area contributed by atoms with Crippen molar-refractivity contribution < 1.29 is 27.1 Å². The summed E-state index contributed by atoms with van der Waals surface area (Å²) >= 11 is 0. The molecule has 31 heavy (non-hydrogen) atoms. The average molecular weight is 433 g/mol. The summed E-state index contributed by atoms with van der Waals surface area (Å²) in [4.78, 5) is 32.4. The number of rotatable bonds is 6. The fraction of sp³-hybridized carbons (Fsp3) is 0.333. The maximum absolute atomic E-state index is 13.1. The van der Waals surface area contributed by atoms with Gasteiger partial charge in [0, 0.05) is 30.0 Å². The van der Waals surface area contributed by atoms with E-state index in [2.05, 4.69) is 15.3 Å². The highest BCUT2D eigenvalue weighted by Gasteiger charge is 2.35. The Morgan fingerprint density at radius 2 is 2.03 bits per heavy atom. The molecule has 0 aliphatic heterocycles. The molecule has 1 aliphatic carbocycles. The van der Waals surface area contributed by atoms with E-state index < -0.39 is 23.4 Å². The van der Waals surface area contributed by atoms with Gasteiger partial charge >= 0.3 is 11.8 Å². The van der Waals surface area contributed by atoms with Crippen molar-refractivity contribution in [1.29, 1.82) is 0 Å². The summed E-state index contributed by atoms with van der Waals surface area (Å²) < 4.78 is 49.7. The van der Waals surface area contributed by atoms with Crippen molar-refractivity contribution in [3.63, 3.8) is 0 Å². The van der Waals surface area contributed by atoms with Crippen LogP contribution in [0, 0.1) is 0 Å². The predicted molar refractivity (Wildman–Crippen MR) is 104 cm³/mol. The van der Waals surface area contributed by atoms with Gasteiger partial charge in [0.15, 0.2) is 11.3 Å². The topological polar surface area (TPSA) is 94.3 Å². The molecule has 1 saturated carbocycles. The summed E-state index contributed by atoms with van der Waals surface area (Å²) in [5.41, 5.74) is -1.47. The van der Waals surface area contributed by atoms with Crippen LogP contribution in [-0.4, -0.2) is 29.5 Å². The fourth-order valence-electron chi connectivity index (χ4n) is 3.18. The summed E-state index contributed by atoms with van der Waals surface area (Å²) in [6.07, 6.45) is -2.99. The Bertz CT molecular complexity index is 1200. The van der Waals surface area contributed by atoms with Crippen molar-refractivity contribution in [2.24, 2.45) is 0 Å². The molecule has 1 amide bonds. The number of benzene rings is 1. The highest BCUT2D eigenvalue weighted by Crippen LogP contribution is 2.40. The van der Waals surface area contributed by atoms with E-state index >= 15 is 0 Å². The number of ether oxygens (including phenoxy) is 1. The number of aromatic nitrogens is 2. The van der Waals surface area contributed by atoms with Gasteiger partial charge in [-0.25, -0.2) is 14.8 Å². The van der Waals surface area contributed by atoms with Gasteiger partial charge in [-0.05, 0) is 31.0 Å². The van der Waals surface area contributed by atoms with Crippen molar-refractivity contribution in [2.45, 2.75) is 31.4 Å². The average Bonchev–Trinajstić information content (AvgIpc) is 3.57. The van der Waals surface area contributed by atoms with Crippen molar-refractivity contribution >= 4 is 16.9 Å². The molecule has 3 aromatic rings. The van der Waals surface area contributed by atoms with Crippen molar-refractivity contribution in [1.82, 2.24) is 15.3 Å². The predicted octanol–water partition coefficient (Wildman–Crippen LogP) is 3.46. The lowest BCUT2D eigenvalue weighted by Crippen LogP contribution is -2.30. The molecule has 1 fully saturated rings. The second-order valence-corrected chi connectivity index (χ2v) is 7.20. The molecule has 10 heteroatoms. The normalized spacial score (nSPS) is 13.9. The first-order chi connectivity index (χ1) is 14.8. The number of nitrogens with zero attached hydrogens (tertiary/aromatic N) is 2. The van der Waals surface area contributed by atoms with E-state index in [-0.39, 0.29) is 35.9 Å². The monoisotopic (exact) mass is 433 g/mol. The largest absolute Gasteiger partial charge is 0.493 e. The number of para-hydroxylation sites is 1. The van der Waals surface area contributed by atoms with E-state index in [0.717, 1.165) is 18.9 Å². The quantitative estimate of drug-likeness (QED) is 0.599. The fourth-order valence-corrected chi connectivity index (χ4v) is 3.18. The molecule has 0 atom stereocenters. The van der Waals surface area contributed by atoms with Crippen molar-refractivity contribution in [2.75, 3.05) is 13.7 Å². The Hall–Kier alpha value is -3.43. The smallest absolute Gasteiger partial charge is 0.433 e. The first kappa shape index (κ1) is 20.8. The lowest BCUT2D eigenvalue weighted by Gasteiger charge is -2.11. The Morgan fingerprint density at radius 3 is 2.71 bits per heavy atom. The molecular formula is C21H18F3N3O4. The summed E-state index contributed by atoms with van der Waals surface area (Å²) in [5, 5.41) is 3.01. The summed E-state index contributed by atoms with van der Waals surface area (Å²) in [5.74, 6) is -0.327. The number of carbonyl (C=O) groups excluding carboxylic acids is 1. The lowest BCUT2D eigenvalue weighted by molar-refractivity contribution is -0.141. The maximum Gasteiger partial charge on any atom is 0.433 e. The molecule has 4 rings (SSSR count). The molecule has 1 aromatic carbocycles. The number of hydrogen-bond donors (Lipinski definition) is 1. The van der Waals surface area contributed by atoms with Crippen LogP contribution < -0.4 is 15.7 Å². The maximum atomic E-state index is 13.1. The van der Waals surface area contributed by atoms with Crippen molar-refractivity contribution in [3.8, 4) is 5.75 Å². The molecule has 2 heterocycles. The number of halogens is 3. The highest BCUT2D eigenvalue weighted by atomic mass is 19.4. The van der Waals surface area contributed by atoms with Gasteiger partial charge in [0.1, 0.15) is 17.1 Å². The molecule has 0 radical (unpaired) electrons. The van der Waals surface area contributed by atoms with E-state index in [1.165, 1.54) is 13.2 Å². The van der Waals surface area contributed by atoms with Crippen LogP contribution in [-0.2, 0) is 12.6 Å². The number of hydrogen-bond acceptors (Lipinski definition) is 6. The zero-order valence-electron chi connectivity index (χ0n) is 16.5. The SMILES string of the molecule is COc1cccc2cc(C(=O)NCCc3nc(C4CC4)cc(C(F)(F)F)n3)c(=O)oc12. The van der Waals surface area contributed by atoms with Gasteiger partial charge in [-0.3, -0.25) is 4.79 Å². The minimum atomic E-state index is -4.57. The number of methoxy groups -OCH3 is 1. The van der Waals surface area contributed by atoms with Crippen molar-refractivity contribution in [3.05, 3.63) is 63.5 Å². The van der Waals surface area contributed by atoms with E-state index in [1.54, 1.807) is 18.2 Å². The molecule has 0 bridgehead atoms. The first-order valence-electron chi connectivity index (χ1n) is 9.60. The zero-order chi connectivity index (χ0) is 22.2. The first-order valence-corrected chi connectivity index (χ1v) is 9.60. The molecule has 7 nitrogen and oxygen atoms in total. The standard InChI is InChI=1S/C21H18F3N3O4/c1-30-15-4-2-3-12-9-13(20(29)31-18(12)15)19(28)25-8-7-17-26-14(11-5-6-11)10-16(27-17)21(22,23)24/h2-4,9-11H,5-8H2,1H3,(H,25,28). The Labute approximate surface area is 174 Å². The number of amides is 1. The summed E-state index contributed by atoms with van der Waals surface area (Å²) in [6.45, 7) is -0.0418. The van der Waals surface area contributed by atoms with Crippen LogP contribution in [0.5, 0.6) is 5.75 Å². The van der Waals surface area contributed by atoms with Gasteiger partial charge in [0.05, 0.1) is 7.11 Å². The minimum absolute atomic E-state index is 0.00712. The van der Waals surface area contributed by atoms with E-state index in [9.17, 15) is 22.8 Å². The van der Waals surface area contributed by atoms with E-state index in [0.29, 0.717) is 16.8 Å².